The normalized spacial score (nSPS) is 24.5. The van der Waals surface area contributed by atoms with Crippen molar-refractivity contribution in [1.29, 1.82) is 0 Å². The van der Waals surface area contributed by atoms with Crippen molar-refractivity contribution in [3.63, 3.8) is 0 Å². The molecule has 1 atom stereocenters. The van der Waals surface area contributed by atoms with Crippen molar-refractivity contribution < 1.29 is 4.79 Å². The van der Waals surface area contributed by atoms with Crippen LogP contribution in [0.25, 0.3) is 0 Å². The number of hydrogen-bond donors (Lipinski definition) is 0. The summed E-state index contributed by atoms with van der Waals surface area (Å²) < 4.78 is 0. The first-order valence-electron chi connectivity index (χ1n) is 12.0. The first-order chi connectivity index (χ1) is 14.2. The molecular weight excluding hydrogens is 358 g/mol. The second-order valence-corrected chi connectivity index (χ2v) is 9.55. The van der Waals surface area contributed by atoms with Crippen molar-refractivity contribution in [2.75, 3.05) is 39.3 Å². The second-order valence-electron chi connectivity index (χ2n) is 9.55. The molecule has 3 aliphatic rings. The van der Waals surface area contributed by atoms with Crippen LogP contribution in [-0.2, 0) is 11.3 Å². The number of carbonyl (C=O) groups is 1. The van der Waals surface area contributed by atoms with Crippen molar-refractivity contribution in [3.8, 4) is 0 Å². The summed E-state index contributed by atoms with van der Waals surface area (Å²) in [6.45, 7) is 9.77. The van der Waals surface area contributed by atoms with Gasteiger partial charge in [-0.15, -0.1) is 0 Å². The van der Waals surface area contributed by atoms with Crippen molar-refractivity contribution >= 4 is 5.91 Å². The molecule has 4 nitrogen and oxygen atoms in total. The van der Waals surface area contributed by atoms with Gasteiger partial charge in [-0.2, -0.15) is 0 Å². The van der Waals surface area contributed by atoms with Crippen LogP contribution in [0.5, 0.6) is 0 Å². The lowest BCUT2D eigenvalue weighted by Crippen LogP contribution is -2.51. The van der Waals surface area contributed by atoms with Crippen LogP contribution in [0.4, 0.5) is 0 Å². The lowest BCUT2D eigenvalue weighted by atomic mass is 9.92. The number of amides is 1. The van der Waals surface area contributed by atoms with Crippen molar-refractivity contribution in [2.45, 2.75) is 64.5 Å². The highest BCUT2D eigenvalue weighted by molar-refractivity contribution is 5.79. The number of hydrogen-bond acceptors (Lipinski definition) is 3. The fourth-order valence-corrected chi connectivity index (χ4v) is 5.26. The minimum absolute atomic E-state index is 0.233. The largest absolute Gasteiger partial charge is 0.342 e. The topological polar surface area (TPSA) is 26.8 Å². The van der Waals surface area contributed by atoms with Gasteiger partial charge in [0.2, 0.25) is 5.91 Å². The zero-order valence-electron chi connectivity index (χ0n) is 18.3. The molecule has 2 aliphatic heterocycles. The zero-order chi connectivity index (χ0) is 20.1. The molecule has 0 bridgehead atoms. The van der Waals surface area contributed by atoms with E-state index in [0.717, 1.165) is 44.9 Å². The monoisotopic (exact) mass is 397 g/mol. The molecule has 29 heavy (non-hydrogen) atoms. The highest BCUT2D eigenvalue weighted by atomic mass is 16.2. The molecular formula is C25H39N3O. The van der Waals surface area contributed by atoms with Gasteiger partial charge in [-0.05, 0) is 76.1 Å². The molecule has 0 radical (unpaired) electrons. The van der Waals surface area contributed by atoms with Gasteiger partial charge in [0.1, 0.15) is 0 Å². The summed E-state index contributed by atoms with van der Waals surface area (Å²) >= 11 is 0. The number of benzene rings is 1. The highest BCUT2D eigenvalue weighted by Crippen LogP contribution is 2.31. The summed E-state index contributed by atoms with van der Waals surface area (Å²) in [6.07, 6.45) is 8.49. The molecule has 1 aliphatic carbocycles. The molecule has 1 aromatic carbocycles. The summed E-state index contributed by atoms with van der Waals surface area (Å²) in [5.41, 5.74) is 1.42. The number of nitrogens with zero attached hydrogens (tertiary/aromatic N) is 3. The highest BCUT2D eigenvalue weighted by Gasteiger charge is 2.35. The van der Waals surface area contributed by atoms with Crippen LogP contribution in [-0.4, -0.2) is 65.9 Å². The molecule has 0 aromatic heterocycles. The average Bonchev–Trinajstić information content (AvgIpc) is 3.58. The number of carbonyl (C=O) groups excluding carboxylic acids is 1. The minimum atomic E-state index is 0.233. The third-order valence-electron chi connectivity index (χ3n) is 7.11. The number of piperidine rings is 2. The third-order valence-corrected chi connectivity index (χ3v) is 7.11. The molecule has 0 N–H and O–H groups in total. The SMILES string of the molecule is CCCN(CC1CC1)C(=O)C1CCCN(C2CCN(Cc3ccccc3)CC2)C1. The van der Waals surface area contributed by atoms with Gasteiger partial charge in [0.05, 0.1) is 5.92 Å². The maximum absolute atomic E-state index is 13.2. The van der Waals surface area contributed by atoms with E-state index in [1.54, 1.807) is 0 Å². The van der Waals surface area contributed by atoms with Crippen molar-refractivity contribution in [2.24, 2.45) is 11.8 Å². The van der Waals surface area contributed by atoms with E-state index in [0.29, 0.717) is 11.9 Å². The van der Waals surface area contributed by atoms with Crippen LogP contribution in [0.2, 0.25) is 0 Å². The summed E-state index contributed by atoms with van der Waals surface area (Å²) in [5.74, 6) is 1.47. The lowest BCUT2D eigenvalue weighted by Gasteiger charge is -2.42. The maximum atomic E-state index is 13.2. The fourth-order valence-electron chi connectivity index (χ4n) is 5.26. The third kappa shape index (κ3) is 5.82. The van der Waals surface area contributed by atoms with Gasteiger partial charge in [-0.3, -0.25) is 14.6 Å². The van der Waals surface area contributed by atoms with Crippen LogP contribution < -0.4 is 0 Å². The molecule has 1 unspecified atom stereocenters. The van der Waals surface area contributed by atoms with Crippen LogP contribution in [0.3, 0.4) is 0 Å². The predicted octanol–water partition coefficient (Wildman–Crippen LogP) is 4.01. The molecule has 4 rings (SSSR count). The van der Waals surface area contributed by atoms with Gasteiger partial charge in [0.15, 0.2) is 0 Å². The van der Waals surface area contributed by atoms with E-state index in [4.69, 9.17) is 0 Å². The Bertz CT molecular complexity index is 637. The van der Waals surface area contributed by atoms with Gasteiger partial charge in [0, 0.05) is 32.2 Å². The van der Waals surface area contributed by atoms with E-state index in [-0.39, 0.29) is 5.92 Å². The smallest absolute Gasteiger partial charge is 0.226 e. The van der Waals surface area contributed by atoms with Crippen LogP contribution >= 0.6 is 0 Å². The van der Waals surface area contributed by atoms with Crippen molar-refractivity contribution in [1.82, 2.24) is 14.7 Å². The molecule has 2 heterocycles. The molecule has 0 spiro atoms. The molecule has 4 heteroatoms. The molecule has 3 fully saturated rings. The lowest BCUT2D eigenvalue weighted by molar-refractivity contribution is -0.138. The Hall–Kier alpha value is -1.39. The van der Waals surface area contributed by atoms with E-state index >= 15 is 0 Å². The summed E-state index contributed by atoms with van der Waals surface area (Å²) in [6, 6.07) is 11.5. The number of rotatable bonds is 8. The van der Waals surface area contributed by atoms with E-state index in [2.05, 4.69) is 52.0 Å². The van der Waals surface area contributed by atoms with Crippen molar-refractivity contribution in [3.05, 3.63) is 35.9 Å². The zero-order valence-corrected chi connectivity index (χ0v) is 18.3. The van der Waals surface area contributed by atoms with Gasteiger partial charge in [0.25, 0.3) is 0 Å². The Morgan fingerprint density at radius 2 is 1.79 bits per heavy atom. The molecule has 1 saturated carbocycles. The Balaban J connectivity index is 1.26. The summed E-state index contributed by atoms with van der Waals surface area (Å²) in [4.78, 5) is 20.7. The van der Waals surface area contributed by atoms with Crippen LogP contribution in [0.1, 0.15) is 57.4 Å². The second kappa shape index (κ2) is 10.1. The standard InChI is InChI=1S/C25H39N3O/c1-2-14-28(19-22-10-11-22)25(29)23-9-6-15-27(20-23)24-12-16-26(17-13-24)18-21-7-4-3-5-8-21/h3-5,7-8,22-24H,2,6,9-20H2,1H3. The maximum Gasteiger partial charge on any atom is 0.226 e. The van der Waals surface area contributed by atoms with E-state index in [1.807, 2.05) is 0 Å². The first-order valence-corrected chi connectivity index (χ1v) is 12.0. The van der Waals surface area contributed by atoms with Gasteiger partial charge >= 0.3 is 0 Å². The fraction of sp³-hybridized carbons (Fsp3) is 0.720. The molecule has 1 aromatic rings. The van der Waals surface area contributed by atoms with Gasteiger partial charge < -0.3 is 4.90 Å². The predicted molar refractivity (Wildman–Crippen MR) is 119 cm³/mol. The first kappa shape index (κ1) is 20.9. The van der Waals surface area contributed by atoms with E-state index in [1.165, 1.54) is 57.3 Å². The van der Waals surface area contributed by atoms with Gasteiger partial charge in [-0.1, -0.05) is 37.3 Å². The van der Waals surface area contributed by atoms with E-state index in [9.17, 15) is 4.79 Å². The molecule has 1 amide bonds. The minimum Gasteiger partial charge on any atom is -0.342 e. The molecule has 2 saturated heterocycles. The summed E-state index contributed by atoms with van der Waals surface area (Å²) in [5, 5.41) is 0. The quantitative estimate of drug-likeness (QED) is 0.663. The Morgan fingerprint density at radius 1 is 1.03 bits per heavy atom. The Morgan fingerprint density at radius 3 is 2.48 bits per heavy atom. The van der Waals surface area contributed by atoms with Crippen LogP contribution in [0, 0.1) is 11.8 Å². The van der Waals surface area contributed by atoms with E-state index < -0.39 is 0 Å². The van der Waals surface area contributed by atoms with Gasteiger partial charge in [-0.25, -0.2) is 0 Å². The Kier molecular flexibility index (Phi) is 7.25. The summed E-state index contributed by atoms with van der Waals surface area (Å²) in [7, 11) is 0. The molecule has 160 valence electrons. The number of likely N-dealkylation sites (tertiary alicyclic amines) is 2. The van der Waals surface area contributed by atoms with Crippen LogP contribution in [0.15, 0.2) is 30.3 Å². The Labute approximate surface area is 177 Å². The average molecular weight is 398 g/mol.